The Morgan fingerprint density at radius 3 is 2.54 bits per heavy atom. The van der Waals surface area contributed by atoms with Crippen LogP contribution in [0.1, 0.15) is 26.1 Å². The van der Waals surface area contributed by atoms with Crippen LogP contribution in [-0.2, 0) is 6.54 Å². The van der Waals surface area contributed by atoms with Crippen LogP contribution in [0.2, 0.25) is 0 Å². The highest BCUT2D eigenvalue weighted by atomic mass is 127. The van der Waals surface area contributed by atoms with Crippen molar-refractivity contribution in [2.75, 3.05) is 33.2 Å². The summed E-state index contributed by atoms with van der Waals surface area (Å²) in [6.07, 6.45) is 1.53. The number of aliphatic imine (C=N–C) groups is 1. The van der Waals surface area contributed by atoms with Crippen molar-refractivity contribution < 1.29 is 9.21 Å². The van der Waals surface area contributed by atoms with Gasteiger partial charge in [0.15, 0.2) is 11.7 Å². The molecule has 0 radical (unpaired) electrons. The first-order chi connectivity index (χ1) is 12.1. The number of halogens is 1. The number of piperazine rings is 1. The quantitative estimate of drug-likeness (QED) is 0.408. The van der Waals surface area contributed by atoms with E-state index in [1.165, 1.54) is 11.1 Å². The molecule has 3 heterocycles. The summed E-state index contributed by atoms with van der Waals surface area (Å²) in [5.41, 5.74) is 1.09. The maximum absolute atomic E-state index is 12.3. The molecule has 1 N–H and O–H groups in total. The third kappa shape index (κ3) is 4.76. The first kappa shape index (κ1) is 20.7. The summed E-state index contributed by atoms with van der Waals surface area (Å²) in [5, 5.41) is 4.43. The smallest absolute Gasteiger partial charge is 0.289 e. The third-order valence-corrected chi connectivity index (χ3v) is 5.35. The Hall–Kier alpha value is -1.62. The van der Waals surface area contributed by atoms with Crippen LogP contribution in [0, 0.1) is 13.8 Å². The van der Waals surface area contributed by atoms with Crippen molar-refractivity contribution in [2.45, 2.75) is 20.4 Å². The molecule has 1 amide bonds. The number of nitrogens with zero attached hydrogens (tertiary/aromatic N) is 4. The van der Waals surface area contributed by atoms with Crippen molar-refractivity contribution in [3.63, 3.8) is 0 Å². The Kier molecular flexibility index (Phi) is 7.44. The number of carbonyl (C=O) groups excluding carboxylic acids is 1. The van der Waals surface area contributed by atoms with E-state index in [1.807, 2.05) is 11.8 Å². The Balaban J connectivity index is 0.00000243. The van der Waals surface area contributed by atoms with Gasteiger partial charge in [-0.3, -0.25) is 9.79 Å². The van der Waals surface area contributed by atoms with Gasteiger partial charge < -0.3 is 19.5 Å². The second-order valence-electron chi connectivity index (χ2n) is 5.91. The summed E-state index contributed by atoms with van der Waals surface area (Å²) in [6, 6.07) is 3.44. The average molecular weight is 489 g/mol. The van der Waals surface area contributed by atoms with Crippen molar-refractivity contribution in [1.29, 1.82) is 0 Å². The van der Waals surface area contributed by atoms with Gasteiger partial charge in [-0.2, -0.15) is 0 Å². The van der Waals surface area contributed by atoms with Crippen molar-refractivity contribution in [1.82, 2.24) is 20.1 Å². The molecule has 0 bridgehead atoms. The molecule has 1 aliphatic rings. The minimum absolute atomic E-state index is 0. The maximum Gasteiger partial charge on any atom is 0.289 e. The number of aryl methyl sites for hydroxylation is 2. The normalized spacial score (nSPS) is 15.0. The zero-order valence-corrected chi connectivity index (χ0v) is 18.3. The second-order valence-corrected chi connectivity index (χ2v) is 7.19. The van der Waals surface area contributed by atoms with E-state index in [1.54, 1.807) is 30.5 Å². The van der Waals surface area contributed by atoms with Crippen molar-refractivity contribution in [2.24, 2.45) is 4.99 Å². The summed E-state index contributed by atoms with van der Waals surface area (Å²) < 4.78 is 5.20. The van der Waals surface area contributed by atoms with Gasteiger partial charge in [0.1, 0.15) is 5.01 Å². The molecule has 3 rings (SSSR count). The maximum atomic E-state index is 12.3. The zero-order chi connectivity index (χ0) is 17.8. The topological polar surface area (TPSA) is 74.0 Å². The van der Waals surface area contributed by atoms with Gasteiger partial charge in [-0.1, -0.05) is 0 Å². The third-order valence-electron chi connectivity index (χ3n) is 4.28. The molecule has 0 spiro atoms. The van der Waals surface area contributed by atoms with Crippen LogP contribution in [-0.4, -0.2) is 59.9 Å². The van der Waals surface area contributed by atoms with Gasteiger partial charge in [0.25, 0.3) is 5.91 Å². The van der Waals surface area contributed by atoms with E-state index in [0.717, 1.165) is 29.8 Å². The lowest BCUT2D eigenvalue weighted by molar-refractivity contribution is 0.0657. The van der Waals surface area contributed by atoms with E-state index in [2.05, 4.69) is 27.1 Å². The van der Waals surface area contributed by atoms with Crippen LogP contribution in [0.25, 0.3) is 0 Å². The van der Waals surface area contributed by atoms with Crippen LogP contribution >= 0.6 is 35.3 Å². The SMILES string of the molecule is CN=C(NCc1nc(C)c(C)s1)N1CCN(C(=O)c2ccco2)CC1.I. The van der Waals surface area contributed by atoms with Gasteiger partial charge in [-0.15, -0.1) is 35.3 Å². The van der Waals surface area contributed by atoms with Gasteiger partial charge in [-0.05, 0) is 26.0 Å². The molecule has 0 atom stereocenters. The van der Waals surface area contributed by atoms with Gasteiger partial charge >= 0.3 is 0 Å². The summed E-state index contributed by atoms with van der Waals surface area (Å²) in [4.78, 5) is 26.4. The molecule has 0 aliphatic carbocycles. The number of amides is 1. The van der Waals surface area contributed by atoms with Crippen LogP contribution in [0.15, 0.2) is 27.8 Å². The van der Waals surface area contributed by atoms with E-state index in [4.69, 9.17) is 4.42 Å². The van der Waals surface area contributed by atoms with E-state index >= 15 is 0 Å². The molecule has 1 fully saturated rings. The molecule has 2 aromatic heterocycles. The Labute approximate surface area is 174 Å². The predicted molar refractivity (Wildman–Crippen MR) is 113 cm³/mol. The highest BCUT2D eigenvalue weighted by Gasteiger charge is 2.25. The molecule has 0 unspecified atom stereocenters. The molecule has 1 aliphatic heterocycles. The summed E-state index contributed by atoms with van der Waals surface area (Å²) in [7, 11) is 1.78. The van der Waals surface area contributed by atoms with Crippen LogP contribution in [0.4, 0.5) is 0 Å². The monoisotopic (exact) mass is 489 g/mol. The molecule has 142 valence electrons. The number of aromatic nitrogens is 1. The zero-order valence-electron chi connectivity index (χ0n) is 15.2. The molecule has 9 heteroatoms. The number of thiazole rings is 1. The minimum Gasteiger partial charge on any atom is -0.459 e. The van der Waals surface area contributed by atoms with Gasteiger partial charge in [-0.25, -0.2) is 4.98 Å². The van der Waals surface area contributed by atoms with Crippen LogP contribution in [0.3, 0.4) is 0 Å². The fraction of sp³-hybridized carbons (Fsp3) is 0.471. The lowest BCUT2D eigenvalue weighted by Gasteiger charge is -2.36. The lowest BCUT2D eigenvalue weighted by atomic mass is 10.3. The lowest BCUT2D eigenvalue weighted by Crippen LogP contribution is -2.53. The number of guanidine groups is 1. The number of hydrogen-bond donors (Lipinski definition) is 1. The Morgan fingerprint density at radius 2 is 2.00 bits per heavy atom. The minimum atomic E-state index is -0.0543. The molecule has 1 saturated heterocycles. The van der Waals surface area contributed by atoms with Gasteiger partial charge in [0, 0.05) is 38.1 Å². The fourth-order valence-electron chi connectivity index (χ4n) is 2.78. The number of hydrogen-bond acceptors (Lipinski definition) is 5. The average Bonchev–Trinajstić information content (AvgIpc) is 3.26. The molecule has 0 saturated carbocycles. The van der Waals surface area contributed by atoms with E-state index in [0.29, 0.717) is 25.4 Å². The van der Waals surface area contributed by atoms with Crippen LogP contribution in [0.5, 0.6) is 0 Å². The Morgan fingerprint density at radius 1 is 1.31 bits per heavy atom. The predicted octanol–water partition coefficient (Wildman–Crippen LogP) is 2.50. The molecule has 26 heavy (non-hydrogen) atoms. The fourth-order valence-corrected chi connectivity index (χ4v) is 3.65. The summed E-state index contributed by atoms with van der Waals surface area (Å²) in [5.74, 6) is 1.18. The molecular weight excluding hydrogens is 465 g/mol. The highest BCUT2D eigenvalue weighted by Crippen LogP contribution is 2.16. The van der Waals surface area contributed by atoms with Crippen molar-refractivity contribution >= 4 is 47.2 Å². The number of nitrogens with one attached hydrogen (secondary N) is 1. The largest absolute Gasteiger partial charge is 0.459 e. The second kappa shape index (κ2) is 9.36. The number of furan rings is 1. The molecule has 0 aromatic carbocycles. The first-order valence-corrected chi connectivity index (χ1v) is 9.11. The van der Waals surface area contributed by atoms with Crippen molar-refractivity contribution in [3.8, 4) is 0 Å². The number of carbonyl (C=O) groups is 1. The van der Waals surface area contributed by atoms with Crippen LogP contribution < -0.4 is 5.32 Å². The first-order valence-electron chi connectivity index (χ1n) is 8.29. The highest BCUT2D eigenvalue weighted by molar-refractivity contribution is 14.0. The van der Waals surface area contributed by atoms with Crippen molar-refractivity contribution in [3.05, 3.63) is 39.7 Å². The number of rotatable bonds is 3. The Bertz CT molecular complexity index is 732. The van der Waals surface area contributed by atoms with Gasteiger partial charge in [0.2, 0.25) is 0 Å². The molecular formula is C17H24IN5O2S. The van der Waals surface area contributed by atoms with E-state index in [9.17, 15) is 4.79 Å². The molecule has 2 aromatic rings. The summed E-state index contributed by atoms with van der Waals surface area (Å²) >= 11 is 1.71. The van der Waals surface area contributed by atoms with E-state index in [-0.39, 0.29) is 29.9 Å². The summed E-state index contributed by atoms with van der Waals surface area (Å²) in [6.45, 7) is 7.55. The standard InChI is InChI=1S/C17H23N5O2S.HI/c1-12-13(2)25-15(20-12)11-19-17(18-3)22-8-6-21(7-9-22)16(23)14-5-4-10-24-14;/h4-5,10H,6-9,11H2,1-3H3,(H,18,19);1H. The molecule has 7 nitrogen and oxygen atoms in total. The van der Waals surface area contributed by atoms with Gasteiger partial charge in [0.05, 0.1) is 18.5 Å². The van der Waals surface area contributed by atoms with E-state index < -0.39 is 0 Å².